The Bertz CT molecular complexity index is 2330. The molecule has 2 aliphatic carbocycles. The molecule has 3 aromatic carbocycles. The van der Waals surface area contributed by atoms with Gasteiger partial charge in [-0.2, -0.15) is 4.31 Å². The Balaban J connectivity index is 0.954. The van der Waals surface area contributed by atoms with E-state index in [1.165, 1.54) is 41.7 Å². The lowest BCUT2D eigenvalue weighted by atomic mass is 9.88. The Hall–Kier alpha value is -4.46. The van der Waals surface area contributed by atoms with Crippen LogP contribution in [0.25, 0.3) is 11.1 Å². The third kappa shape index (κ3) is 9.34. The Labute approximate surface area is 356 Å². The number of sulfone groups is 1. The summed E-state index contributed by atoms with van der Waals surface area (Å²) in [7, 11) is -6.23. The van der Waals surface area contributed by atoms with Crippen molar-refractivity contribution in [2.75, 3.05) is 46.6 Å². The van der Waals surface area contributed by atoms with E-state index in [9.17, 15) is 41.7 Å². The largest absolute Gasteiger partial charge is 0.496 e. The first-order chi connectivity index (χ1) is 28.7. The van der Waals surface area contributed by atoms with Crippen LogP contribution in [0.5, 0.6) is 11.5 Å². The van der Waals surface area contributed by atoms with Crippen LogP contribution < -0.4 is 14.8 Å². The van der Waals surface area contributed by atoms with E-state index in [0.29, 0.717) is 43.4 Å². The number of amides is 2. The third-order valence-corrected chi connectivity index (χ3v) is 16.6. The van der Waals surface area contributed by atoms with Gasteiger partial charge in [0.1, 0.15) is 29.8 Å². The van der Waals surface area contributed by atoms with Gasteiger partial charge in [-0.1, -0.05) is 30.3 Å². The highest BCUT2D eigenvalue weighted by molar-refractivity contribution is 7.93. The molecule has 2 heterocycles. The molecule has 4 N–H and O–H groups in total. The van der Waals surface area contributed by atoms with E-state index >= 15 is 0 Å². The minimum atomic E-state index is -3.95. The average molecular weight is 886 g/mol. The van der Waals surface area contributed by atoms with Crippen molar-refractivity contribution in [3.8, 4) is 22.6 Å². The average Bonchev–Trinajstić information content (AvgIpc) is 4.16. The molecule has 2 saturated carbocycles. The van der Waals surface area contributed by atoms with E-state index in [-0.39, 0.29) is 48.4 Å². The summed E-state index contributed by atoms with van der Waals surface area (Å²) in [6.07, 6.45) is 0.256. The molecule has 2 unspecified atom stereocenters. The molecule has 3 aromatic rings. The second-order valence-corrected chi connectivity index (χ2v) is 21.9. The van der Waals surface area contributed by atoms with Crippen LogP contribution in [-0.2, 0) is 34.9 Å². The van der Waals surface area contributed by atoms with Gasteiger partial charge in [0.05, 0.1) is 58.6 Å². The number of nitrogens with one attached hydrogen (secondary N) is 1. The quantitative estimate of drug-likeness (QED) is 0.160. The first-order valence-corrected chi connectivity index (χ1v) is 23.4. The van der Waals surface area contributed by atoms with E-state index in [1.807, 2.05) is 45.0 Å². The van der Waals surface area contributed by atoms with Crippen molar-refractivity contribution in [1.29, 1.82) is 0 Å². The second kappa shape index (κ2) is 16.7. The number of ether oxygens (including phenoxy) is 4. The molecule has 1 spiro atoms. The van der Waals surface area contributed by atoms with Crippen LogP contribution in [-0.4, -0.2) is 128 Å². The molecule has 2 amide bonds. The zero-order chi connectivity index (χ0) is 44.0. The Morgan fingerprint density at radius 2 is 1.64 bits per heavy atom. The van der Waals surface area contributed by atoms with Crippen LogP contribution in [0, 0.1) is 0 Å². The molecule has 332 valence electrons. The number of hydrogen-bond donors (Lipinski definition) is 4. The van der Waals surface area contributed by atoms with Gasteiger partial charge in [0.2, 0.25) is 10.0 Å². The highest BCUT2D eigenvalue weighted by Crippen LogP contribution is 2.48. The number of benzene rings is 3. The van der Waals surface area contributed by atoms with Crippen molar-refractivity contribution < 1.29 is 60.7 Å². The van der Waals surface area contributed by atoms with Gasteiger partial charge in [0.25, 0.3) is 0 Å². The Morgan fingerprint density at radius 3 is 2.23 bits per heavy atom. The molecular formula is C43H55N3O13S2. The van der Waals surface area contributed by atoms with Crippen molar-refractivity contribution in [2.24, 2.45) is 0 Å². The molecule has 4 aliphatic rings. The third-order valence-electron chi connectivity index (χ3n) is 12.2. The van der Waals surface area contributed by atoms with Gasteiger partial charge >= 0.3 is 12.2 Å². The van der Waals surface area contributed by atoms with Crippen molar-refractivity contribution in [3.63, 3.8) is 0 Å². The van der Waals surface area contributed by atoms with E-state index in [2.05, 4.69) is 5.32 Å². The molecule has 61 heavy (non-hydrogen) atoms. The van der Waals surface area contributed by atoms with E-state index in [0.717, 1.165) is 28.9 Å². The number of alkyl carbamates (subject to hydrolysis) is 1. The fourth-order valence-electron chi connectivity index (χ4n) is 8.29. The van der Waals surface area contributed by atoms with Crippen LogP contribution >= 0.6 is 0 Å². The van der Waals surface area contributed by atoms with Crippen LogP contribution in [0.1, 0.15) is 71.3 Å². The number of carbonyl (C=O) groups is 2. The van der Waals surface area contributed by atoms with Gasteiger partial charge in [-0.05, 0) is 113 Å². The van der Waals surface area contributed by atoms with Crippen molar-refractivity contribution in [2.45, 2.75) is 109 Å². The smallest absolute Gasteiger partial charge is 0.408 e. The van der Waals surface area contributed by atoms with Crippen LogP contribution in [0.2, 0.25) is 0 Å². The number of piperidine rings is 1. The lowest BCUT2D eigenvalue weighted by Crippen LogP contribution is -2.48. The van der Waals surface area contributed by atoms with Crippen molar-refractivity contribution >= 4 is 32.0 Å². The number of hydrogen-bond acceptors (Lipinski definition) is 12. The van der Waals surface area contributed by atoms with Gasteiger partial charge in [0.15, 0.2) is 9.84 Å². The topological polar surface area (TPSA) is 219 Å². The Morgan fingerprint density at radius 1 is 0.951 bits per heavy atom. The van der Waals surface area contributed by atoms with Crippen LogP contribution in [0.15, 0.2) is 76.5 Å². The number of carbonyl (C=O) groups excluding carboxylic acids is 1. The summed E-state index contributed by atoms with van der Waals surface area (Å²) < 4.78 is 77.4. The molecule has 4 fully saturated rings. The zero-order valence-corrected chi connectivity index (χ0v) is 36.5. The second-order valence-electron chi connectivity index (χ2n) is 17.6. The Kier molecular flexibility index (Phi) is 12.2. The van der Waals surface area contributed by atoms with Gasteiger partial charge in [-0.15, -0.1) is 0 Å². The first-order valence-electron chi connectivity index (χ1n) is 20.4. The number of aliphatic hydroxyl groups excluding tert-OH is 2. The number of methoxy groups -OCH3 is 1. The number of nitrogens with zero attached hydrogens (tertiary/aromatic N) is 2. The zero-order valence-electron chi connectivity index (χ0n) is 34.8. The maximum atomic E-state index is 14.1. The van der Waals surface area contributed by atoms with Crippen molar-refractivity contribution in [1.82, 2.24) is 14.5 Å². The summed E-state index contributed by atoms with van der Waals surface area (Å²) in [5.41, 5.74) is 0.341. The summed E-state index contributed by atoms with van der Waals surface area (Å²) in [5.74, 6) is 0.672. The summed E-state index contributed by atoms with van der Waals surface area (Å²) in [6.45, 7) is 4.71. The molecule has 0 bridgehead atoms. The lowest BCUT2D eigenvalue weighted by Gasteiger charge is -2.38. The minimum Gasteiger partial charge on any atom is -0.496 e. The molecule has 0 aromatic heterocycles. The molecule has 0 radical (unpaired) electrons. The highest BCUT2D eigenvalue weighted by Gasteiger charge is 2.55. The van der Waals surface area contributed by atoms with Gasteiger partial charge in [-0.25, -0.2) is 26.4 Å². The minimum absolute atomic E-state index is 0.000154. The predicted molar refractivity (Wildman–Crippen MR) is 223 cm³/mol. The monoisotopic (exact) mass is 885 g/mol. The predicted octanol–water partition coefficient (Wildman–Crippen LogP) is 4.91. The highest BCUT2D eigenvalue weighted by atomic mass is 32.2. The standard InChI is InChI=1S/C43H55N3O13S2/c1-40(2,3)59-38(49)44-43(16-17-43)30-10-8-29(9-11-30)36-23-35(12-13-37(36)56-4)61(54,55)45-20-18-41(19-21-45)24-31(26-58-41)46(39(50)51)25-32(48)27-57-33-6-5-7-34(22-33)60(52,53)42(28-47)14-15-42/h5-13,22-23,31-32,47-48H,14-21,24-28H2,1-4H3,(H,44,49)(H,50,51). The molecular weight excluding hydrogens is 831 g/mol. The van der Waals surface area contributed by atoms with Gasteiger partial charge in [0, 0.05) is 18.7 Å². The molecule has 2 aliphatic heterocycles. The molecule has 2 atom stereocenters. The molecule has 2 saturated heterocycles. The van der Waals surface area contributed by atoms with Gasteiger partial charge in [-0.3, -0.25) is 0 Å². The van der Waals surface area contributed by atoms with E-state index < -0.39 is 72.3 Å². The number of carboxylic acid groups (broad SMARTS) is 1. The number of rotatable bonds is 15. The first kappa shape index (κ1) is 44.6. The van der Waals surface area contributed by atoms with Gasteiger partial charge < -0.3 is 44.5 Å². The molecule has 7 rings (SSSR count). The van der Waals surface area contributed by atoms with Crippen LogP contribution in [0.4, 0.5) is 9.59 Å². The van der Waals surface area contributed by atoms with Crippen LogP contribution in [0.3, 0.4) is 0 Å². The summed E-state index contributed by atoms with van der Waals surface area (Å²) in [5, 5.41) is 33.6. The fraction of sp³-hybridized carbons (Fsp3) is 0.535. The normalized spacial score (nSPS) is 21.0. The maximum Gasteiger partial charge on any atom is 0.408 e. The summed E-state index contributed by atoms with van der Waals surface area (Å²) in [6, 6.07) is 17.5. The summed E-state index contributed by atoms with van der Waals surface area (Å²) in [4.78, 5) is 26.2. The van der Waals surface area contributed by atoms with Crippen molar-refractivity contribution in [3.05, 3.63) is 72.3 Å². The molecule has 18 heteroatoms. The molecule has 16 nitrogen and oxygen atoms in total. The van der Waals surface area contributed by atoms with E-state index in [4.69, 9.17) is 18.9 Å². The lowest BCUT2D eigenvalue weighted by molar-refractivity contribution is -0.0319. The van der Waals surface area contributed by atoms with E-state index in [1.54, 1.807) is 12.1 Å². The number of aliphatic hydroxyl groups is 2. The SMILES string of the molecule is COc1ccc(S(=O)(=O)N2CCC3(CC2)CC(N(CC(O)COc2cccc(S(=O)(=O)C4(CO)CC4)c2)C(=O)O)CO3)cc1-c1ccc(C2(NC(=O)OC(C)(C)C)CC2)cc1. The number of sulfonamides is 1. The maximum absolute atomic E-state index is 14.1. The fourth-order valence-corrected chi connectivity index (χ4v) is 11.6. The summed E-state index contributed by atoms with van der Waals surface area (Å²) >= 11 is 0.